The molecule has 1 amide bonds. The zero-order valence-corrected chi connectivity index (χ0v) is 17.9. The SMILES string of the molecule is CCOc1ccc(NC(=O)Cn2c(=O)n(-c3cccc(C)c3)c(=O)c3sccc32)cc1. The maximum absolute atomic E-state index is 13.3. The largest absolute Gasteiger partial charge is 0.494 e. The summed E-state index contributed by atoms with van der Waals surface area (Å²) >= 11 is 1.25. The van der Waals surface area contributed by atoms with Crippen molar-refractivity contribution in [2.45, 2.75) is 20.4 Å². The Bertz CT molecular complexity index is 1370. The highest BCUT2D eigenvalue weighted by molar-refractivity contribution is 7.17. The lowest BCUT2D eigenvalue weighted by atomic mass is 10.2. The van der Waals surface area contributed by atoms with Gasteiger partial charge in [0.2, 0.25) is 5.91 Å². The molecule has 1 N–H and O–H groups in total. The number of carbonyl (C=O) groups is 1. The molecule has 0 spiro atoms. The van der Waals surface area contributed by atoms with Crippen molar-refractivity contribution in [2.75, 3.05) is 11.9 Å². The molecule has 0 fully saturated rings. The minimum absolute atomic E-state index is 0.217. The predicted octanol–water partition coefficient (Wildman–Crippen LogP) is 3.56. The van der Waals surface area contributed by atoms with Gasteiger partial charge in [-0.2, -0.15) is 0 Å². The molecule has 2 aromatic carbocycles. The highest BCUT2D eigenvalue weighted by Crippen LogP contribution is 2.18. The minimum Gasteiger partial charge on any atom is -0.494 e. The molecule has 31 heavy (non-hydrogen) atoms. The van der Waals surface area contributed by atoms with Crippen molar-refractivity contribution in [3.8, 4) is 11.4 Å². The van der Waals surface area contributed by atoms with Crippen LogP contribution in [-0.2, 0) is 11.3 Å². The van der Waals surface area contributed by atoms with E-state index in [-0.39, 0.29) is 18.0 Å². The van der Waals surface area contributed by atoms with Crippen molar-refractivity contribution < 1.29 is 9.53 Å². The second-order valence-corrected chi connectivity index (χ2v) is 7.90. The molecule has 8 heteroatoms. The lowest BCUT2D eigenvalue weighted by Crippen LogP contribution is -2.40. The third kappa shape index (κ3) is 4.15. The molecule has 158 valence electrons. The Labute approximate surface area is 182 Å². The molecule has 0 unspecified atom stereocenters. The number of amides is 1. The molecule has 2 aromatic heterocycles. The van der Waals surface area contributed by atoms with Gasteiger partial charge >= 0.3 is 5.69 Å². The van der Waals surface area contributed by atoms with Gasteiger partial charge in [0.05, 0.1) is 17.8 Å². The number of fused-ring (bicyclic) bond motifs is 1. The number of nitrogens with one attached hydrogen (secondary N) is 1. The number of carbonyl (C=O) groups excluding carboxylic acids is 1. The van der Waals surface area contributed by atoms with Gasteiger partial charge in [0.15, 0.2) is 0 Å². The Kier molecular flexibility index (Phi) is 5.73. The summed E-state index contributed by atoms with van der Waals surface area (Å²) in [6, 6.07) is 15.8. The first kappa shape index (κ1) is 20.6. The van der Waals surface area contributed by atoms with Crippen molar-refractivity contribution >= 4 is 33.1 Å². The van der Waals surface area contributed by atoms with Gasteiger partial charge in [0.1, 0.15) is 17.0 Å². The molecule has 0 aliphatic heterocycles. The van der Waals surface area contributed by atoms with E-state index in [1.165, 1.54) is 15.9 Å². The summed E-state index contributed by atoms with van der Waals surface area (Å²) in [7, 11) is 0. The highest BCUT2D eigenvalue weighted by atomic mass is 32.1. The summed E-state index contributed by atoms with van der Waals surface area (Å²) < 4.78 is 8.28. The average molecular weight is 436 g/mol. The third-order valence-electron chi connectivity index (χ3n) is 4.77. The molecule has 0 saturated carbocycles. The van der Waals surface area contributed by atoms with Crippen LogP contribution in [-0.4, -0.2) is 21.6 Å². The number of thiophene rings is 1. The zero-order chi connectivity index (χ0) is 22.0. The van der Waals surface area contributed by atoms with E-state index in [9.17, 15) is 14.4 Å². The number of ether oxygens (including phenoxy) is 1. The topological polar surface area (TPSA) is 82.3 Å². The van der Waals surface area contributed by atoms with Crippen LogP contribution in [0.4, 0.5) is 5.69 Å². The van der Waals surface area contributed by atoms with Crippen LogP contribution in [0.2, 0.25) is 0 Å². The summed E-state index contributed by atoms with van der Waals surface area (Å²) in [6.45, 7) is 4.13. The Balaban J connectivity index is 1.70. The fourth-order valence-electron chi connectivity index (χ4n) is 3.38. The van der Waals surface area contributed by atoms with Gasteiger partial charge < -0.3 is 10.1 Å². The molecule has 0 aliphatic carbocycles. The fraction of sp³-hybridized carbons (Fsp3) is 0.174. The lowest BCUT2D eigenvalue weighted by Gasteiger charge is -2.13. The predicted molar refractivity (Wildman–Crippen MR) is 123 cm³/mol. The molecule has 0 radical (unpaired) electrons. The lowest BCUT2D eigenvalue weighted by molar-refractivity contribution is -0.116. The van der Waals surface area contributed by atoms with Crippen LogP contribution in [0, 0.1) is 6.92 Å². The number of aromatic nitrogens is 2. The average Bonchev–Trinajstić information content (AvgIpc) is 3.23. The number of hydrogen-bond donors (Lipinski definition) is 1. The summed E-state index contributed by atoms with van der Waals surface area (Å²) in [4.78, 5) is 38.9. The van der Waals surface area contributed by atoms with Crippen molar-refractivity contribution in [1.82, 2.24) is 9.13 Å². The van der Waals surface area contributed by atoms with Crippen LogP contribution < -0.4 is 21.3 Å². The second-order valence-electron chi connectivity index (χ2n) is 6.99. The Hall–Kier alpha value is -3.65. The molecule has 0 saturated heterocycles. The first-order valence-electron chi connectivity index (χ1n) is 9.80. The van der Waals surface area contributed by atoms with E-state index in [0.29, 0.717) is 33.9 Å². The fourth-order valence-corrected chi connectivity index (χ4v) is 4.20. The number of anilines is 1. The smallest absolute Gasteiger partial charge is 0.336 e. The molecule has 0 bridgehead atoms. The van der Waals surface area contributed by atoms with E-state index >= 15 is 0 Å². The highest BCUT2D eigenvalue weighted by Gasteiger charge is 2.17. The zero-order valence-electron chi connectivity index (χ0n) is 17.1. The molecule has 4 aromatic rings. The maximum Gasteiger partial charge on any atom is 0.336 e. The molecular weight excluding hydrogens is 414 g/mol. The van der Waals surface area contributed by atoms with Gasteiger partial charge in [0.25, 0.3) is 5.56 Å². The van der Waals surface area contributed by atoms with Gasteiger partial charge in [-0.25, -0.2) is 9.36 Å². The summed E-state index contributed by atoms with van der Waals surface area (Å²) in [5.74, 6) is 0.343. The first-order valence-corrected chi connectivity index (χ1v) is 10.7. The van der Waals surface area contributed by atoms with Crippen LogP contribution in [0.5, 0.6) is 5.75 Å². The molecule has 2 heterocycles. The van der Waals surface area contributed by atoms with E-state index in [4.69, 9.17) is 4.74 Å². The molecule has 0 aliphatic rings. The van der Waals surface area contributed by atoms with Crippen LogP contribution in [0.1, 0.15) is 12.5 Å². The van der Waals surface area contributed by atoms with Crippen molar-refractivity contribution in [1.29, 1.82) is 0 Å². The Morgan fingerprint density at radius 3 is 2.58 bits per heavy atom. The van der Waals surface area contributed by atoms with Crippen LogP contribution in [0.3, 0.4) is 0 Å². The molecular formula is C23H21N3O4S. The molecule has 0 atom stereocenters. The quantitative estimate of drug-likeness (QED) is 0.502. The van der Waals surface area contributed by atoms with Gasteiger partial charge in [-0.15, -0.1) is 11.3 Å². The summed E-state index contributed by atoms with van der Waals surface area (Å²) in [5, 5.41) is 4.53. The summed E-state index contributed by atoms with van der Waals surface area (Å²) in [6.07, 6.45) is 0. The van der Waals surface area contributed by atoms with Crippen molar-refractivity contribution in [2.24, 2.45) is 0 Å². The van der Waals surface area contributed by atoms with Crippen molar-refractivity contribution in [3.63, 3.8) is 0 Å². The number of nitrogens with zero attached hydrogens (tertiary/aromatic N) is 2. The van der Waals surface area contributed by atoms with Crippen LogP contribution >= 0.6 is 11.3 Å². The van der Waals surface area contributed by atoms with E-state index in [2.05, 4.69) is 5.32 Å². The third-order valence-corrected chi connectivity index (χ3v) is 5.66. The number of rotatable bonds is 6. The van der Waals surface area contributed by atoms with Crippen LogP contribution in [0.15, 0.2) is 69.6 Å². The van der Waals surface area contributed by atoms with Gasteiger partial charge in [-0.1, -0.05) is 12.1 Å². The van der Waals surface area contributed by atoms with E-state index in [0.717, 1.165) is 10.1 Å². The van der Waals surface area contributed by atoms with Gasteiger partial charge in [0, 0.05) is 5.69 Å². The minimum atomic E-state index is -0.552. The number of aryl methyl sites for hydroxylation is 1. The number of benzene rings is 2. The molecule has 4 rings (SSSR count). The van der Waals surface area contributed by atoms with E-state index < -0.39 is 5.69 Å². The van der Waals surface area contributed by atoms with Gasteiger partial charge in [-0.05, 0) is 67.3 Å². The van der Waals surface area contributed by atoms with E-state index in [1.54, 1.807) is 53.9 Å². The monoisotopic (exact) mass is 435 g/mol. The standard InChI is InChI=1S/C23H21N3O4S/c1-3-30-18-9-7-16(8-10-18)24-20(27)14-25-19-11-12-31-21(19)22(28)26(23(25)29)17-6-4-5-15(2)13-17/h4-13H,3,14H2,1-2H3,(H,24,27). The maximum atomic E-state index is 13.3. The number of hydrogen-bond acceptors (Lipinski definition) is 5. The van der Waals surface area contributed by atoms with Gasteiger partial charge in [-0.3, -0.25) is 14.2 Å². The Morgan fingerprint density at radius 1 is 1.10 bits per heavy atom. The van der Waals surface area contributed by atoms with Crippen LogP contribution in [0.25, 0.3) is 15.9 Å². The normalized spacial score (nSPS) is 10.9. The second kappa shape index (κ2) is 8.61. The van der Waals surface area contributed by atoms with E-state index in [1.807, 2.05) is 19.9 Å². The first-order chi connectivity index (χ1) is 15.0. The molecule has 7 nitrogen and oxygen atoms in total. The van der Waals surface area contributed by atoms with Crippen molar-refractivity contribution in [3.05, 3.63) is 86.4 Å². The summed E-state index contributed by atoms with van der Waals surface area (Å²) in [5.41, 5.74) is 1.51. The Morgan fingerprint density at radius 2 is 1.87 bits per heavy atom.